The highest BCUT2D eigenvalue weighted by atomic mass is 16.4. The third kappa shape index (κ3) is 49.8. The number of rotatable bonds is 53. The second-order valence-corrected chi connectivity index (χ2v) is 19.7. The highest BCUT2D eigenvalue weighted by Gasteiger charge is 2.22. The zero-order valence-electron chi connectivity index (χ0n) is 42.3. The molecule has 0 aromatic heterocycles. The molecule has 0 fully saturated rings. The standard InChI is InChI=1S/C58H113NO2/c1-4-7-10-12-14-16-18-20-22-24-26-28-30-31-33-35-37-39-41-43-45-47-49-51-54-59-57(53-9-6-3)55-56(58(60)61)52-50-48-46-44-42-40-38-36-34-32-29-27-25-23-21-19-17-15-13-11-8-5-2/h33,35-36,38,56-57,59H,4-32,34,37,39-55H2,1-3H3,(H,60,61)/b35-33-,38-36-. The molecule has 0 spiro atoms. The quantitative estimate of drug-likeness (QED) is 0.0473. The normalized spacial score (nSPS) is 13.0. The van der Waals surface area contributed by atoms with Gasteiger partial charge < -0.3 is 10.4 Å². The number of aliphatic carboxylic acids is 1. The van der Waals surface area contributed by atoms with E-state index in [0.29, 0.717) is 6.04 Å². The Labute approximate surface area is 385 Å². The Balaban J connectivity index is 3.73. The Hall–Kier alpha value is -1.09. The topological polar surface area (TPSA) is 49.3 Å². The van der Waals surface area contributed by atoms with Gasteiger partial charge in [-0.25, -0.2) is 0 Å². The Kier molecular flexibility index (Phi) is 52.3. The Morgan fingerprint density at radius 3 is 0.951 bits per heavy atom. The molecule has 3 nitrogen and oxygen atoms in total. The van der Waals surface area contributed by atoms with Crippen LogP contribution in [0.3, 0.4) is 0 Å². The van der Waals surface area contributed by atoms with Gasteiger partial charge in [0.1, 0.15) is 0 Å². The number of unbranched alkanes of at least 4 members (excludes halogenated alkanes) is 39. The van der Waals surface area contributed by atoms with E-state index >= 15 is 0 Å². The molecule has 0 bridgehead atoms. The van der Waals surface area contributed by atoms with Crippen molar-refractivity contribution < 1.29 is 9.90 Å². The van der Waals surface area contributed by atoms with Crippen LogP contribution in [-0.4, -0.2) is 23.7 Å². The van der Waals surface area contributed by atoms with Gasteiger partial charge in [-0.3, -0.25) is 4.79 Å². The van der Waals surface area contributed by atoms with Crippen molar-refractivity contribution >= 4 is 5.97 Å². The zero-order chi connectivity index (χ0) is 44.2. The maximum Gasteiger partial charge on any atom is 0.306 e. The summed E-state index contributed by atoms with van der Waals surface area (Å²) in [6, 6.07) is 0.352. The number of carboxylic acid groups (broad SMARTS) is 1. The summed E-state index contributed by atoms with van der Waals surface area (Å²) in [7, 11) is 0. The van der Waals surface area contributed by atoms with Crippen LogP contribution in [0.1, 0.15) is 323 Å². The average molecular weight is 857 g/mol. The fourth-order valence-electron chi connectivity index (χ4n) is 9.23. The Morgan fingerprint density at radius 1 is 0.361 bits per heavy atom. The molecule has 0 heterocycles. The van der Waals surface area contributed by atoms with E-state index in [9.17, 15) is 9.90 Å². The highest BCUT2D eigenvalue weighted by molar-refractivity contribution is 5.69. The van der Waals surface area contributed by atoms with Gasteiger partial charge >= 0.3 is 5.97 Å². The molecule has 0 radical (unpaired) electrons. The van der Waals surface area contributed by atoms with Gasteiger partial charge in [0, 0.05) is 6.04 Å². The predicted molar refractivity (Wildman–Crippen MR) is 275 cm³/mol. The maximum atomic E-state index is 12.2. The van der Waals surface area contributed by atoms with Gasteiger partial charge in [0.25, 0.3) is 0 Å². The van der Waals surface area contributed by atoms with Crippen LogP contribution in [0, 0.1) is 5.92 Å². The number of allylic oxidation sites excluding steroid dienone is 4. The SMILES string of the molecule is CCCCCCCCCCCCCCC/C=C\CCCCCCCCCNC(CCCC)CC(CCCCCCC/C=C\CCCCCCCCCCCCCCC)C(=O)O. The third-order valence-electron chi connectivity index (χ3n) is 13.5. The van der Waals surface area contributed by atoms with Crippen molar-refractivity contribution in [2.24, 2.45) is 5.92 Å². The molecule has 362 valence electrons. The Morgan fingerprint density at radius 2 is 0.639 bits per heavy atom. The van der Waals surface area contributed by atoms with Crippen molar-refractivity contribution in [1.82, 2.24) is 5.32 Å². The number of hydrogen-bond donors (Lipinski definition) is 2. The maximum absolute atomic E-state index is 12.2. The van der Waals surface area contributed by atoms with E-state index in [1.54, 1.807) is 0 Å². The van der Waals surface area contributed by atoms with Crippen molar-refractivity contribution in [1.29, 1.82) is 0 Å². The lowest BCUT2D eigenvalue weighted by molar-refractivity contribution is -0.142. The number of carbonyl (C=O) groups is 1. The second kappa shape index (κ2) is 53.2. The van der Waals surface area contributed by atoms with Crippen LogP contribution in [-0.2, 0) is 4.79 Å². The minimum Gasteiger partial charge on any atom is -0.481 e. The summed E-state index contributed by atoms with van der Waals surface area (Å²) in [5.74, 6) is -0.779. The molecule has 3 heteroatoms. The smallest absolute Gasteiger partial charge is 0.306 e. The molecule has 0 aliphatic rings. The summed E-state index contributed by atoms with van der Waals surface area (Å²) < 4.78 is 0. The second-order valence-electron chi connectivity index (χ2n) is 19.7. The van der Waals surface area contributed by atoms with Crippen LogP contribution in [0.25, 0.3) is 0 Å². The lowest BCUT2D eigenvalue weighted by atomic mass is 9.91. The molecular weight excluding hydrogens is 743 g/mol. The minimum absolute atomic E-state index is 0.198. The molecular formula is C58H113NO2. The molecule has 0 aliphatic heterocycles. The third-order valence-corrected chi connectivity index (χ3v) is 13.5. The van der Waals surface area contributed by atoms with Crippen LogP contribution >= 0.6 is 0 Å². The van der Waals surface area contributed by atoms with Crippen LogP contribution < -0.4 is 5.32 Å². The molecule has 0 aliphatic carbocycles. The molecule has 0 saturated heterocycles. The molecule has 2 N–H and O–H groups in total. The first-order valence-electron chi connectivity index (χ1n) is 28.4. The number of nitrogens with one attached hydrogen (secondary N) is 1. The summed E-state index contributed by atoms with van der Waals surface area (Å²) in [6.45, 7) is 7.89. The van der Waals surface area contributed by atoms with Crippen molar-refractivity contribution in [3.8, 4) is 0 Å². The van der Waals surface area contributed by atoms with E-state index in [2.05, 4.69) is 50.4 Å². The van der Waals surface area contributed by atoms with E-state index in [-0.39, 0.29) is 5.92 Å². The van der Waals surface area contributed by atoms with Gasteiger partial charge in [-0.15, -0.1) is 0 Å². The van der Waals surface area contributed by atoms with Gasteiger partial charge in [0.2, 0.25) is 0 Å². The summed E-state index contributed by atoms with van der Waals surface area (Å²) in [5, 5.41) is 13.8. The number of hydrogen-bond acceptors (Lipinski definition) is 2. The van der Waals surface area contributed by atoms with Crippen molar-refractivity contribution in [3.05, 3.63) is 24.3 Å². The van der Waals surface area contributed by atoms with Crippen LogP contribution in [0.5, 0.6) is 0 Å². The van der Waals surface area contributed by atoms with Gasteiger partial charge in [-0.1, -0.05) is 270 Å². The van der Waals surface area contributed by atoms with E-state index < -0.39 is 5.97 Å². The average Bonchev–Trinajstić information content (AvgIpc) is 3.26. The molecule has 0 aromatic rings. The van der Waals surface area contributed by atoms with Crippen LogP contribution in [0.2, 0.25) is 0 Å². The first kappa shape index (κ1) is 59.9. The summed E-state index contributed by atoms with van der Waals surface area (Å²) >= 11 is 0. The summed E-state index contributed by atoms with van der Waals surface area (Å²) in [6.07, 6.45) is 72.3. The van der Waals surface area contributed by atoms with E-state index in [0.717, 1.165) is 32.2 Å². The van der Waals surface area contributed by atoms with Crippen molar-refractivity contribution in [2.75, 3.05) is 6.54 Å². The monoisotopic (exact) mass is 856 g/mol. The van der Waals surface area contributed by atoms with Crippen molar-refractivity contribution in [3.63, 3.8) is 0 Å². The molecule has 0 rings (SSSR count). The molecule has 2 atom stereocenters. The van der Waals surface area contributed by atoms with Crippen LogP contribution in [0.15, 0.2) is 24.3 Å². The number of carboxylic acids is 1. The highest BCUT2D eigenvalue weighted by Crippen LogP contribution is 2.21. The van der Waals surface area contributed by atoms with Gasteiger partial charge in [-0.05, 0) is 83.6 Å². The lowest BCUT2D eigenvalue weighted by Gasteiger charge is -2.22. The fraction of sp³-hybridized carbons (Fsp3) is 0.914. The summed E-state index contributed by atoms with van der Waals surface area (Å²) in [5.41, 5.74) is 0. The van der Waals surface area contributed by atoms with E-state index in [1.165, 1.54) is 276 Å². The largest absolute Gasteiger partial charge is 0.481 e. The molecule has 0 aromatic carbocycles. The Bertz CT molecular complexity index is 881. The molecule has 2 unspecified atom stereocenters. The van der Waals surface area contributed by atoms with Crippen molar-refractivity contribution in [2.45, 2.75) is 329 Å². The summed E-state index contributed by atoms with van der Waals surface area (Å²) in [4.78, 5) is 12.2. The molecule has 0 saturated carbocycles. The van der Waals surface area contributed by atoms with Gasteiger partial charge in [0.15, 0.2) is 0 Å². The molecule has 61 heavy (non-hydrogen) atoms. The first-order chi connectivity index (χ1) is 30.2. The van der Waals surface area contributed by atoms with E-state index in [4.69, 9.17) is 0 Å². The predicted octanol–water partition coefficient (Wildman–Crippen LogP) is 20.2. The van der Waals surface area contributed by atoms with E-state index in [1.807, 2.05) is 0 Å². The van der Waals surface area contributed by atoms with Gasteiger partial charge in [-0.2, -0.15) is 0 Å². The van der Waals surface area contributed by atoms with Crippen LogP contribution in [0.4, 0.5) is 0 Å². The molecule has 0 amide bonds. The lowest BCUT2D eigenvalue weighted by Crippen LogP contribution is -2.34. The fourth-order valence-corrected chi connectivity index (χ4v) is 9.23. The first-order valence-corrected chi connectivity index (χ1v) is 28.4. The minimum atomic E-state index is -0.581. The zero-order valence-corrected chi connectivity index (χ0v) is 42.3. The van der Waals surface area contributed by atoms with Gasteiger partial charge in [0.05, 0.1) is 5.92 Å².